The second-order valence-electron chi connectivity index (χ2n) is 7.35. The van der Waals surface area contributed by atoms with Crippen molar-refractivity contribution in [3.05, 3.63) is 66.7 Å². The number of benzene rings is 1. The van der Waals surface area contributed by atoms with Crippen LogP contribution in [0.25, 0.3) is 11.1 Å². The fraction of sp³-hybridized carbons (Fsp3) is 0.217. The predicted octanol–water partition coefficient (Wildman–Crippen LogP) is 3.52. The first-order valence-electron chi connectivity index (χ1n) is 10.0. The number of hydrogen-bond donors (Lipinski definition) is 2. The summed E-state index contributed by atoms with van der Waals surface area (Å²) >= 11 is 0. The van der Waals surface area contributed by atoms with Crippen LogP contribution < -0.4 is 15.5 Å². The minimum Gasteiger partial charge on any atom is -0.340 e. The van der Waals surface area contributed by atoms with Crippen LogP contribution in [-0.2, 0) is 9.59 Å². The molecule has 2 N–H and O–H groups in total. The molecular formula is C23H22FN5O2. The average Bonchev–Trinajstić information content (AvgIpc) is 3.31. The normalized spacial score (nSPS) is 15.5. The van der Waals surface area contributed by atoms with Gasteiger partial charge in [-0.25, -0.2) is 19.3 Å². The summed E-state index contributed by atoms with van der Waals surface area (Å²) in [5, 5.41) is 6.28. The lowest BCUT2D eigenvalue weighted by Crippen LogP contribution is -2.40. The van der Waals surface area contributed by atoms with Crippen LogP contribution in [0.5, 0.6) is 0 Å². The number of aromatic nitrogens is 2. The third-order valence-corrected chi connectivity index (χ3v) is 5.13. The highest BCUT2D eigenvalue weighted by molar-refractivity contribution is 6.14. The zero-order valence-electron chi connectivity index (χ0n) is 17.0. The molecule has 0 radical (unpaired) electrons. The van der Waals surface area contributed by atoms with Gasteiger partial charge in [0, 0.05) is 31.5 Å². The van der Waals surface area contributed by atoms with Crippen molar-refractivity contribution in [2.75, 3.05) is 23.3 Å². The second kappa shape index (κ2) is 9.01. The maximum atomic E-state index is 13.1. The molecule has 1 aliphatic heterocycles. The third kappa shape index (κ3) is 4.75. The van der Waals surface area contributed by atoms with E-state index in [0.717, 1.165) is 22.6 Å². The Bertz CT molecular complexity index is 1100. The summed E-state index contributed by atoms with van der Waals surface area (Å²) in [5.41, 5.74) is 2.33. The molecule has 1 atom stereocenters. The van der Waals surface area contributed by atoms with E-state index in [0.29, 0.717) is 30.3 Å². The Morgan fingerprint density at radius 3 is 2.45 bits per heavy atom. The zero-order valence-corrected chi connectivity index (χ0v) is 17.0. The quantitative estimate of drug-likeness (QED) is 0.658. The zero-order chi connectivity index (χ0) is 21.8. The molecule has 2 aromatic heterocycles. The van der Waals surface area contributed by atoms with Gasteiger partial charge in [-0.15, -0.1) is 0 Å². The van der Waals surface area contributed by atoms with E-state index in [-0.39, 0.29) is 23.5 Å². The number of rotatable bonds is 5. The van der Waals surface area contributed by atoms with Crippen molar-refractivity contribution in [3.8, 4) is 11.1 Å². The van der Waals surface area contributed by atoms with Crippen LogP contribution in [0.1, 0.15) is 13.3 Å². The van der Waals surface area contributed by atoms with Gasteiger partial charge in [-0.1, -0.05) is 0 Å². The van der Waals surface area contributed by atoms with E-state index in [1.807, 2.05) is 12.1 Å². The monoisotopic (exact) mass is 419 g/mol. The van der Waals surface area contributed by atoms with Gasteiger partial charge in [-0.05, 0) is 72.6 Å². The van der Waals surface area contributed by atoms with Gasteiger partial charge in [-0.3, -0.25) is 9.59 Å². The number of hydrogen-bond acceptors (Lipinski definition) is 6. The van der Waals surface area contributed by atoms with Crippen molar-refractivity contribution < 1.29 is 14.0 Å². The molecule has 0 spiro atoms. The number of carbonyl (C=O) groups is 2. The molecule has 31 heavy (non-hydrogen) atoms. The Hall–Kier alpha value is -3.65. The van der Waals surface area contributed by atoms with Gasteiger partial charge in [-0.2, -0.15) is 0 Å². The van der Waals surface area contributed by atoms with E-state index >= 15 is 0 Å². The highest BCUT2D eigenvalue weighted by atomic mass is 19.1. The molecule has 3 aromatic rings. The fourth-order valence-corrected chi connectivity index (χ4v) is 3.56. The van der Waals surface area contributed by atoms with E-state index in [2.05, 4.69) is 20.6 Å². The molecule has 7 nitrogen and oxygen atoms in total. The molecule has 0 saturated carbocycles. The third-order valence-electron chi connectivity index (χ3n) is 5.13. The van der Waals surface area contributed by atoms with Gasteiger partial charge in [0.1, 0.15) is 17.5 Å². The van der Waals surface area contributed by atoms with Gasteiger partial charge in [0.2, 0.25) is 11.8 Å². The van der Waals surface area contributed by atoms with Crippen molar-refractivity contribution in [3.63, 3.8) is 0 Å². The summed E-state index contributed by atoms with van der Waals surface area (Å²) in [7, 11) is 0. The van der Waals surface area contributed by atoms with Gasteiger partial charge in [0.15, 0.2) is 0 Å². The Kier molecular flexibility index (Phi) is 5.99. The average molecular weight is 419 g/mol. The van der Waals surface area contributed by atoms with Crippen LogP contribution in [0, 0.1) is 11.7 Å². The second-order valence-corrected chi connectivity index (χ2v) is 7.35. The lowest BCUT2D eigenvalue weighted by Gasteiger charge is -2.21. The van der Waals surface area contributed by atoms with Crippen molar-refractivity contribution in [2.24, 2.45) is 5.92 Å². The Balaban J connectivity index is 1.60. The minimum absolute atomic E-state index is 0.234. The molecule has 1 aliphatic rings. The molecule has 0 bridgehead atoms. The summed E-state index contributed by atoms with van der Waals surface area (Å²) in [4.78, 5) is 34.9. The summed E-state index contributed by atoms with van der Waals surface area (Å²) in [6, 6.07) is 13.2. The van der Waals surface area contributed by atoms with Gasteiger partial charge in [0.05, 0.1) is 5.92 Å². The first-order valence-corrected chi connectivity index (χ1v) is 10.0. The van der Waals surface area contributed by atoms with Crippen LogP contribution >= 0.6 is 0 Å². The maximum absolute atomic E-state index is 13.1. The minimum atomic E-state index is -0.366. The largest absolute Gasteiger partial charge is 0.340 e. The highest BCUT2D eigenvalue weighted by Gasteiger charge is 2.31. The first kappa shape index (κ1) is 20.6. The SMILES string of the molecule is CC(=O)N(C(=O)C1CCNC1)c1cc(-c2ccnc(Nc3ccc(F)cc3)c2)ccn1. The molecule has 2 amide bonds. The van der Waals surface area contributed by atoms with Crippen molar-refractivity contribution in [1.29, 1.82) is 0 Å². The summed E-state index contributed by atoms with van der Waals surface area (Å²) in [6.45, 7) is 2.69. The first-order chi connectivity index (χ1) is 15.0. The molecule has 1 unspecified atom stereocenters. The summed E-state index contributed by atoms with van der Waals surface area (Å²) in [6.07, 6.45) is 3.93. The number of amides is 2. The number of pyridine rings is 2. The van der Waals surface area contributed by atoms with Gasteiger partial charge >= 0.3 is 0 Å². The van der Waals surface area contributed by atoms with E-state index < -0.39 is 0 Å². The topological polar surface area (TPSA) is 87.2 Å². The summed E-state index contributed by atoms with van der Waals surface area (Å²) in [5.74, 6) is -0.271. The highest BCUT2D eigenvalue weighted by Crippen LogP contribution is 2.27. The lowest BCUT2D eigenvalue weighted by atomic mass is 10.1. The van der Waals surface area contributed by atoms with Crippen LogP contribution in [-0.4, -0.2) is 34.9 Å². The molecule has 0 aliphatic carbocycles. The van der Waals surface area contributed by atoms with Crippen molar-refractivity contribution in [2.45, 2.75) is 13.3 Å². The molecule has 4 rings (SSSR count). The smallest absolute Gasteiger partial charge is 0.239 e. The maximum Gasteiger partial charge on any atom is 0.239 e. The van der Waals surface area contributed by atoms with Crippen molar-refractivity contribution >= 4 is 29.1 Å². The van der Waals surface area contributed by atoms with Crippen LogP contribution in [0.4, 0.5) is 21.7 Å². The van der Waals surface area contributed by atoms with E-state index in [1.54, 1.807) is 36.7 Å². The fourth-order valence-electron chi connectivity index (χ4n) is 3.56. The van der Waals surface area contributed by atoms with Crippen LogP contribution in [0.3, 0.4) is 0 Å². The Morgan fingerprint density at radius 1 is 1.06 bits per heavy atom. The van der Waals surface area contributed by atoms with Gasteiger partial charge in [0.25, 0.3) is 0 Å². The summed E-state index contributed by atoms with van der Waals surface area (Å²) < 4.78 is 13.1. The number of imide groups is 1. The molecule has 158 valence electrons. The Morgan fingerprint density at radius 2 is 1.77 bits per heavy atom. The van der Waals surface area contributed by atoms with E-state index in [9.17, 15) is 14.0 Å². The predicted molar refractivity (Wildman–Crippen MR) is 116 cm³/mol. The van der Waals surface area contributed by atoms with E-state index in [1.165, 1.54) is 19.1 Å². The molecular weight excluding hydrogens is 397 g/mol. The lowest BCUT2D eigenvalue weighted by molar-refractivity contribution is -0.127. The number of nitrogens with zero attached hydrogens (tertiary/aromatic N) is 3. The number of carbonyl (C=O) groups excluding carboxylic acids is 2. The molecule has 8 heteroatoms. The molecule has 3 heterocycles. The number of nitrogens with one attached hydrogen (secondary N) is 2. The molecule has 1 aromatic carbocycles. The van der Waals surface area contributed by atoms with Gasteiger partial charge < -0.3 is 10.6 Å². The number of halogens is 1. The Labute approximate surface area is 179 Å². The standard InChI is InChI=1S/C23H22FN5O2/c1-15(30)29(23(31)18-6-9-25-14-18)22-13-17(8-11-27-22)16-7-10-26-21(12-16)28-20-4-2-19(24)3-5-20/h2-5,7-8,10-13,18,25H,6,9,14H2,1H3,(H,26,28). The van der Waals surface area contributed by atoms with Crippen molar-refractivity contribution in [1.82, 2.24) is 15.3 Å². The molecule has 1 saturated heterocycles. The van der Waals surface area contributed by atoms with Crippen LogP contribution in [0.15, 0.2) is 60.9 Å². The number of anilines is 3. The van der Waals surface area contributed by atoms with E-state index in [4.69, 9.17) is 0 Å². The van der Waals surface area contributed by atoms with Crippen LogP contribution in [0.2, 0.25) is 0 Å². The molecule has 1 fully saturated rings.